The number of rotatable bonds is 10. The van der Waals surface area contributed by atoms with Crippen molar-refractivity contribution >= 4 is 41.4 Å². The Hall–Kier alpha value is -3.86. The number of Topliss-reactive ketones (excluding diaryl/α,β-unsaturated/α-hetero) is 1. The summed E-state index contributed by atoms with van der Waals surface area (Å²) < 4.78 is 5.21. The minimum atomic E-state index is -1.36. The quantitative estimate of drug-likeness (QED) is 0.408. The largest absolute Gasteiger partial charge is 0.444 e. The minimum absolute atomic E-state index is 0.0832. The molecule has 1 saturated heterocycles. The summed E-state index contributed by atoms with van der Waals surface area (Å²) in [4.78, 5) is 66.2. The average Bonchev–Trinajstić information content (AvgIpc) is 3.22. The van der Waals surface area contributed by atoms with Crippen LogP contribution in [0.25, 0.3) is 0 Å². The summed E-state index contributed by atoms with van der Waals surface area (Å²) in [5.41, 5.74) is 5.27. The van der Waals surface area contributed by atoms with Gasteiger partial charge in [0.15, 0.2) is 5.78 Å². The fourth-order valence-electron chi connectivity index (χ4n) is 4.01. The van der Waals surface area contributed by atoms with Crippen LogP contribution in [0.15, 0.2) is 65.6 Å². The predicted octanol–water partition coefficient (Wildman–Crippen LogP) is 2.40. The molecule has 1 aliphatic rings. The van der Waals surface area contributed by atoms with Gasteiger partial charge < -0.3 is 26.0 Å². The summed E-state index contributed by atoms with van der Waals surface area (Å²) in [6.45, 7) is 5.19. The molecule has 0 bridgehead atoms. The van der Waals surface area contributed by atoms with Crippen molar-refractivity contribution in [2.75, 3.05) is 6.54 Å². The molecule has 10 nitrogen and oxygen atoms in total. The van der Waals surface area contributed by atoms with Crippen molar-refractivity contribution in [1.82, 2.24) is 15.5 Å². The Balaban J connectivity index is 1.83. The Bertz CT molecular complexity index is 1190. The normalized spacial score (nSPS) is 16.7. The number of nitrogens with two attached hydrogens (primary N) is 1. The first kappa shape index (κ1) is 29.7. The molecule has 1 fully saturated rings. The first-order valence-electron chi connectivity index (χ1n) is 12.6. The van der Waals surface area contributed by atoms with Gasteiger partial charge in [0, 0.05) is 24.3 Å². The summed E-state index contributed by atoms with van der Waals surface area (Å²) in [6, 6.07) is 15.9. The van der Waals surface area contributed by atoms with Gasteiger partial charge in [0.1, 0.15) is 23.1 Å². The van der Waals surface area contributed by atoms with E-state index < -0.39 is 53.3 Å². The number of carbonyl (C=O) groups is 5. The molecule has 4 amide bonds. The molecule has 0 aromatic heterocycles. The Morgan fingerprint density at radius 2 is 1.62 bits per heavy atom. The van der Waals surface area contributed by atoms with Gasteiger partial charge in [-0.25, -0.2) is 4.79 Å². The van der Waals surface area contributed by atoms with Gasteiger partial charge in [-0.15, -0.1) is 0 Å². The first-order chi connectivity index (χ1) is 18.4. The topological polar surface area (TPSA) is 148 Å². The Kier molecular flexibility index (Phi) is 10.1. The van der Waals surface area contributed by atoms with E-state index in [-0.39, 0.29) is 25.2 Å². The van der Waals surface area contributed by atoms with E-state index in [2.05, 4.69) is 10.6 Å². The standard InChI is InChI=1S/C28H34N4O6S/c1-28(2,3)38-27(37)31-20(17-23(29)34)24(35)30-21(16-18-10-6-4-7-11-18)25(36)32-15-14-22(33)26(32)39-19-12-8-5-9-13-19/h4-13,20-21,26H,14-17H2,1-3H3,(H2,29,34)(H,30,35)(H,31,37)/t20-,21-,26?/m0/s1. The van der Waals surface area contributed by atoms with Crippen LogP contribution in [-0.4, -0.2) is 64.1 Å². The van der Waals surface area contributed by atoms with E-state index >= 15 is 0 Å². The number of nitrogens with one attached hydrogen (secondary N) is 2. The monoisotopic (exact) mass is 554 g/mol. The van der Waals surface area contributed by atoms with Crippen molar-refractivity contribution in [2.24, 2.45) is 5.73 Å². The highest BCUT2D eigenvalue weighted by atomic mass is 32.2. The number of ketones is 1. The van der Waals surface area contributed by atoms with Gasteiger partial charge in [-0.2, -0.15) is 0 Å². The van der Waals surface area contributed by atoms with Gasteiger partial charge in [-0.3, -0.25) is 19.2 Å². The maximum Gasteiger partial charge on any atom is 0.408 e. The molecule has 2 aromatic rings. The van der Waals surface area contributed by atoms with Gasteiger partial charge >= 0.3 is 6.09 Å². The van der Waals surface area contributed by atoms with E-state index in [9.17, 15) is 24.0 Å². The number of carbonyl (C=O) groups excluding carboxylic acids is 5. The SMILES string of the molecule is CC(C)(C)OC(=O)N[C@@H](CC(N)=O)C(=O)N[C@@H](Cc1ccccc1)C(=O)N1CCC(=O)C1Sc1ccccc1. The summed E-state index contributed by atoms with van der Waals surface area (Å²) in [5.74, 6) is -2.12. The second kappa shape index (κ2) is 13.3. The van der Waals surface area contributed by atoms with Gasteiger partial charge in [-0.05, 0) is 38.5 Å². The number of amides is 4. The molecule has 3 atom stereocenters. The van der Waals surface area contributed by atoms with Crippen LogP contribution in [0, 0.1) is 0 Å². The number of hydrogen-bond donors (Lipinski definition) is 3. The van der Waals surface area contributed by atoms with E-state index in [0.717, 1.165) is 10.5 Å². The highest BCUT2D eigenvalue weighted by Gasteiger charge is 2.40. The van der Waals surface area contributed by atoms with Crippen LogP contribution in [-0.2, 0) is 30.3 Å². The average molecular weight is 555 g/mol. The van der Waals surface area contributed by atoms with Crippen LogP contribution in [0.5, 0.6) is 0 Å². The zero-order valence-corrected chi connectivity index (χ0v) is 23.0. The maximum atomic E-state index is 13.8. The number of alkyl carbamates (subject to hydrolysis) is 1. The number of nitrogens with zero attached hydrogens (tertiary/aromatic N) is 1. The third-order valence-electron chi connectivity index (χ3n) is 5.74. The first-order valence-corrected chi connectivity index (χ1v) is 13.5. The lowest BCUT2D eigenvalue weighted by molar-refractivity contribution is -0.137. The van der Waals surface area contributed by atoms with E-state index in [1.807, 2.05) is 60.7 Å². The lowest BCUT2D eigenvalue weighted by atomic mass is 10.0. The van der Waals surface area contributed by atoms with Crippen molar-refractivity contribution in [2.45, 2.75) is 68.0 Å². The highest BCUT2D eigenvalue weighted by Crippen LogP contribution is 2.31. The Morgan fingerprint density at radius 1 is 1.00 bits per heavy atom. The molecule has 3 rings (SSSR count). The van der Waals surface area contributed by atoms with Crippen molar-refractivity contribution in [3.05, 3.63) is 66.2 Å². The van der Waals surface area contributed by atoms with Crippen LogP contribution in [0.3, 0.4) is 0 Å². The second-order valence-electron chi connectivity index (χ2n) is 10.2. The zero-order chi connectivity index (χ0) is 28.6. The second-order valence-corrected chi connectivity index (χ2v) is 11.3. The van der Waals surface area contributed by atoms with Gasteiger partial charge in [0.05, 0.1) is 6.42 Å². The van der Waals surface area contributed by atoms with E-state index in [1.165, 1.54) is 16.7 Å². The van der Waals surface area contributed by atoms with Crippen molar-refractivity contribution in [3.8, 4) is 0 Å². The van der Waals surface area contributed by atoms with Crippen molar-refractivity contribution in [1.29, 1.82) is 0 Å². The Morgan fingerprint density at radius 3 is 2.21 bits per heavy atom. The molecule has 1 aliphatic heterocycles. The molecule has 0 aliphatic carbocycles. The summed E-state index contributed by atoms with van der Waals surface area (Å²) in [5, 5.41) is 4.32. The number of benzene rings is 2. The van der Waals surface area contributed by atoms with Gasteiger partial charge in [0.2, 0.25) is 17.7 Å². The molecule has 208 valence electrons. The molecule has 0 saturated carbocycles. The summed E-state index contributed by atoms with van der Waals surface area (Å²) in [7, 11) is 0. The molecular weight excluding hydrogens is 520 g/mol. The van der Waals surface area contributed by atoms with E-state index in [1.54, 1.807) is 20.8 Å². The van der Waals surface area contributed by atoms with Crippen LogP contribution in [0.4, 0.5) is 4.79 Å². The molecule has 39 heavy (non-hydrogen) atoms. The molecule has 0 spiro atoms. The molecular formula is C28H34N4O6S. The fourth-order valence-corrected chi connectivity index (χ4v) is 5.17. The van der Waals surface area contributed by atoms with Gasteiger partial charge in [0.25, 0.3) is 0 Å². The molecule has 4 N–H and O–H groups in total. The third-order valence-corrected chi connectivity index (χ3v) is 7.03. The fraction of sp³-hybridized carbons (Fsp3) is 0.393. The van der Waals surface area contributed by atoms with Crippen LogP contribution in [0.1, 0.15) is 39.2 Å². The smallest absolute Gasteiger partial charge is 0.408 e. The van der Waals surface area contributed by atoms with Crippen LogP contribution >= 0.6 is 11.8 Å². The lowest BCUT2D eigenvalue weighted by Gasteiger charge is -2.29. The van der Waals surface area contributed by atoms with E-state index in [4.69, 9.17) is 10.5 Å². The molecule has 1 unspecified atom stereocenters. The maximum absolute atomic E-state index is 13.8. The van der Waals surface area contributed by atoms with Crippen LogP contribution < -0.4 is 16.4 Å². The molecule has 0 radical (unpaired) electrons. The molecule has 11 heteroatoms. The van der Waals surface area contributed by atoms with E-state index in [0.29, 0.717) is 0 Å². The number of ether oxygens (including phenoxy) is 1. The zero-order valence-electron chi connectivity index (χ0n) is 22.2. The molecule has 1 heterocycles. The number of hydrogen-bond acceptors (Lipinski definition) is 7. The summed E-state index contributed by atoms with van der Waals surface area (Å²) in [6.07, 6.45) is -1.06. The summed E-state index contributed by atoms with van der Waals surface area (Å²) >= 11 is 1.27. The predicted molar refractivity (Wildman–Crippen MR) is 146 cm³/mol. The number of primary amides is 1. The Labute approximate surface area is 232 Å². The third kappa shape index (κ3) is 9.13. The van der Waals surface area contributed by atoms with Crippen LogP contribution in [0.2, 0.25) is 0 Å². The minimum Gasteiger partial charge on any atom is -0.444 e. The van der Waals surface area contributed by atoms with Crippen molar-refractivity contribution < 1.29 is 28.7 Å². The number of likely N-dealkylation sites (tertiary alicyclic amines) is 1. The molecule has 2 aromatic carbocycles. The number of thioether (sulfide) groups is 1. The van der Waals surface area contributed by atoms with Crippen molar-refractivity contribution in [3.63, 3.8) is 0 Å². The highest BCUT2D eigenvalue weighted by molar-refractivity contribution is 8.00. The lowest BCUT2D eigenvalue weighted by Crippen LogP contribution is -2.56. The van der Waals surface area contributed by atoms with Gasteiger partial charge in [-0.1, -0.05) is 60.3 Å².